The minimum atomic E-state index is -0.716. The van der Waals surface area contributed by atoms with Crippen LogP contribution in [0.4, 0.5) is 5.69 Å². The van der Waals surface area contributed by atoms with Crippen molar-refractivity contribution in [2.24, 2.45) is 23.2 Å². The van der Waals surface area contributed by atoms with E-state index < -0.39 is 11.5 Å². The maximum absolute atomic E-state index is 14.1. The second-order valence-corrected chi connectivity index (χ2v) is 10.4. The third kappa shape index (κ3) is 2.62. The number of anilines is 1. The molecule has 2 saturated heterocycles. The van der Waals surface area contributed by atoms with Crippen molar-refractivity contribution in [3.05, 3.63) is 42.1 Å². The van der Waals surface area contributed by atoms with Gasteiger partial charge >= 0.3 is 0 Å². The fourth-order valence-electron chi connectivity index (χ4n) is 8.20. The van der Waals surface area contributed by atoms with Gasteiger partial charge in [-0.2, -0.15) is 0 Å². The molecule has 2 amide bonds. The van der Waals surface area contributed by atoms with E-state index in [9.17, 15) is 9.59 Å². The molecular formula is C27H34N2O4. The summed E-state index contributed by atoms with van der Waals surface area (Å²) in [7, 11) is 1.76. The van der Waals surface area contributed by atoms with E-state index in [1.807, 2.05) is 37.3 Å². The number of hydrogen-bond acceptors (Lipinski definition) is 5. The predicted octanol–water partition coefficient (Wildman–Crippen LogP) is 3.77. The first-order chi connectivity index (χ1) is 16.1. The Morgan fingerprint density at radius 3 is 2.58 bits per heavy atom. The number of methoxy groups -OCH3 is 1. The number of para-hydroxylation sites is 1. The Morgan fingerprint density at radius 2 is 1.82 bits per heavy atom. The largest absolute Gasteiger partial charge is 0.383 e. The number of ether oxygens (including phenoxy) is 2. The summed E-state index contributed by atoms with van der Waals surface area (Å²) in [6, 6.07) is 9.73. The Bertz CT molecular complexity index is 993. The lowest BCUT2D eigenvalue weighted by molar-refractivity contribution is -0.136. The zero-order chi connectivity index (χ0) is 22.8. The third-order valence-corrected chi connectivity index (χ3v) is 9.12. The standard InChI is InChI=1S/C27H34N2O4/c1-3-33-27-20-13-7-8-14-26(20,16-21(27)28-15-9-12-19(28)17-32-2)22-23(27)25(31)29(24(22)30)18-10-5-4-6-11-18/h4-6,10-11,16,19-20,22-23H,3,7-9,12-15,17H2,1-2H3/t19-,20-,22+,23-,26+,27+/m0/s1. The van der Waals surface area contributed by atoms with E-state index in [-0.39, 0.29) is 29.1 Å². The van der Waals surface area contributed by atoms with E-state index in [2.05, 4.69) is 11.0 Å². The minimum Gasteiger partial charge on any atom is -0.383 e. The highest BCUT2D eigenvalue weighted by molar-refractivity contribution is 6.23. The molecule has 0 aromatic heterocycles. The van der Waals surface area contributed by atoms with Crippen molar-refractivity contribution < 1.29 is 19.1 Å². The van der Waals surface area contributed by atoms with Crippen molar-refractivity contribution in [2.75, 3.05) is 31.8 Å². The summed E-state index contributed by atoms with van der Waals surface area (Å²) in [5.74, 6) is -0.689. The van der Waals surface area contributed by atoms with Gasteiger partial charge in [0.2, 0.25) is 11.8 Å². The Hall–Kier alpha value is -2.18. The molecule has 0 unspecified atom stereocenters. The summed E-state index contributed by atoms with van der Waals surface area (Å²) in [6.07, 6.45) is 8.81. The molecule has 3 aliphatic carbocycles. The second-order valence-electron chi connectivity index (χ2n) is 10.4. The Labute approximate surface area is 195 Å². The molecule has 33 heavy (non-hydrogen) atoms. The first-order valence-corrected chi connectivity index (χ1v) is 12.7. The van der Waals surface area contributed by atoms with Gasteiger partial charge in [0.05, 0.1) is 30.2 Å². The van der Waals surface area contributed by atoms with Gasteiger partial charge in [-0.3, -0.25) is 9.59 Å². The van der Waals surface area contributed by atoms with Gasteiger partial charge in [0.25, 0.3) is 0 Å². The monoisotopic (exact) mass is 450 g/mol. The molecule has 6 rings (SSSR count). The lowest BCUT2D eigenvalue weighted by Gasteiger charge is -2.44. The van der Waals surface area contributed by atoms with Gasteiger partial charge in [0, 0.05) is 37.3 Å². The molecule has 176 valence electrons. The molecule has 5 aliphatic rings. The van der Waals surface area contributed by atoms with Crippen LogP contribution in [0.5, 0.6) is 0 Å². The summed E-state index contributed by atoms with van der Waals surface area (Å²) in [5.41, 5.74) is 0.848. The Balaban J connectivity index is 1.51. The lowest BCUT2D eigenvalue weighted by Crippen LogP contribution is -2.53. The van der Waals surface area contributed by atoms with Gasteiger partial charge in [-0.05, 0) is 44.7 Å². The smallest absolute Gasteiger partial charge is 0.241 e. The van der Waals surface area contributed by atoms with Gasteiger partial charge in [-0.1, -0.05) is 37.1 Å². The molecule has 0 N–H and O–H groups in total. The van der Waals surface area contributed by atoms with Crippen LogP contribution < -0.4 is 4.90 Å². The van der Waals surface area contributed by atoms with Crippen molar-refractivity contribution in [3.8, 4) is 0 Å². The summed E-state index contributed by atoms with van der Waals surface area (Å²) >= 11 is 0. The van der Waals surface area contributed by atoms with Crippen LogP contribution in [0.1, 0.15) is 45.4 Å². The predicted molar refractivity (Wildman–Crippen MR) is 124 cm³/mol. The molecule has 6 atom stereocenters. The molecule has 1 aromatic rings. The first kappa shape index (κ1) is 21.4. The van der Waals surface area contributed by atoms with Gasteiger partial charge in [0.15, 0.2) is 0 Å². The number of carbonyl (C=O) groups excluding carboxylic acids is 2. The lowest BCUT2D eigenvalue weighted by atomic mass is 9.65. The second kappa shape index (κ2) is 7.67. The number of hydrogen-bond donors (Lipinski definition) is 0. The van der Waals surface area contributed by atoms with Crippen LogP contribution in [-0.4, -0.2) is 55.2 Å². The van der Waals surface area contributed by atoms with Crippen LogP contribution in [0.15, 0.2) is 42.1 Å². The van der Waals surface area contributed by atoms with Gasteiger partial charge in [0.1, 0.15) is 5.60 Å². The van der Waals surface area contributed by atoms with Crippen LogP contribution in [0.2, 0.25) is 0 Å². The van der Waals surface area contributed by atoms with Gasteiger partial charge in [-0.25, -0.2) is 4.90 Å². The number of likely N-dealkylation sites (tertiary alicyclic amines) is 1. The van der Waals surface area contributed by atoms with Crippen molar-refractivity contribution in [1.82, 2.24) is 4.90 Å². The van der Waals surface area contributed by atoms with Crippen LogP contribution in [0.3, 0.4) is 0 Å². The maximum Gasteiger partial charge on any atom is 0.241 e. The van der Waals surface area contributed by atoms with Crippen molar-refractivity contribution >= 4 is 17.5 Å². The minimum absolute atomic E-state index is 0.0326. The molecule has 0 spiro atoms. The average Bonchev–Trinajstić information content (AvgIpc) is 3.53. The number of nitrogens with zero attached hydrogens (tertiary/aromatic N) is 2. The van der Waals surface area contributed by atoms with E-state index in [1.165, 1.54) is 10.6 Å². The third-order valence-electron chi connectivity index (χ3n) is 9.12. The van der Waals surface area contributed by atoms with Crippen molar-refractivity contribution in [1.29, 1.82) is 0 Å². The highest BCUT2D eigenvalue weighted by atomic mass is 16.5. The van der Waals surface area contributed by atoms with Gasteiger partial charge in [-0.15, -0.1) is 0 Å². The summed E-state index contributed by atoms with van der Waals surface area (Å²) in [6.45, 7) is 4.19. The molecule has 6 nitrogen and oxygen atoms in total. The first-order valence-electron chi connectivity index (χ1n) is 12.7. The molecule has 1 aromatic carbocycles. The van der Waals surface area contributed by atoms with Crippen LogP contribution in [-0.2, 0) is 19.1 Å². The molecule has 0 radical (unpaired) electrons. The topological polar surface area (TPSA) is 59.1 Å². The Morgan fingerprint density at radius 1 is 1.03 bits per heavy atom. The number of allylic oxidation sites excluding steroid dienone is 1. The van der Waals surface area contributed by atoms with Crippen LogP contribution in [0.25, 0.3) is 0 Å². The van der Waals surface area contributed by atoms with E-state index >= 15 is 0 Å². The molecule has 2 bridgehead atoms. The van der Waals surface area contributed by atoms with Crippen molar-refractivity contribution in [3.63, 3.8) is 0 Å². The summed E-state index contributed by atoms with van der Waals surface area (Å²) in [5, 5.41) is 0. The quantitative estimate of drug-likeness (QED) is 0.618. The number of carbonyl (C=O) groups is 2. The summed E-state index contributed by atoms with van der Waals surface area (Å²) in [4.78, 5) is 32.0. The maximum atomic E-state index is 14.1. The number of benzene rings is 1. The molecule has 2 heterocycles. The molecule has 2 saturated carbocycles. The van der Waals surface area contributed by atoms with Crippen molar-refractivity contribution in [2.45, 2.75) is 57.1 Å². The number of rotatable bonds is 6. The van der Waals surface area contributed by atoms with E-state index in [0.717, 1.165) is 45.1 Å². The number of imide groups is 1. The summed E-state index contributed by atoms with van der Waals surface area (Å²) < 4.78 is 12.3. The normalized spacial score (nSPS) is 39.3. The van der Waals surface area contributed by atoms with E-state index in [4.69, 9.17) is 9.47 Å². The SMILES string of the molecule is CCO[C@@]12C(N3CCC[C@H]3COC)=C[C@@]3(CCCC[C@@H]31)[C@H]1C(=O)N(c3ccccc3)C(=O)[C@H]12. The van der Waals surface area contributed by atoms with E-state index in [1.54, 1.807) is 7.11 Å². The zero-order valence-corrected chi connectivity index (χ0v) is 19.7. The highest BCUT2D eigenvalue weighted by Gasteiger charge is 2.80. The Kier molecular flexibility index (Phi) is 4.97. The van der Waals surface area contributed by atoms with Crippen LogP contribution >= 0.6 is 0 Å². The highest BCUT2D eigenvalue weighted by Crippen LogP contribution is 2.73. The average molecular weight is 451 g/mol. The molecule has 2 aliphatic heterocycles. The number of fused-ring (bicyclic) bond motifs is 2. The molecule has 6 heteroatoms. The molecular weight excluding hydrogens is 416 g/mol. The van der Waals surface area contributed by atoms with E-state index in [0.29, 0.717) is 24.9 Å². The van der Waals surface area contributed by atoms with Gasteiger partial charge < -0.3 is 14.4 Å². The number of amides is 2. The van der Waals surface area contributed by atoms with Crippen LogP contribution in [0, 0.1) is 23.2 Å². The fraction of sp³-hybridized carbons (Fsp3) is 0.630. The zero-order valence-electron chi connectivity index (χ0n) is 19.7. The molecule has 4 fully saturated rings. The fourth-order valence-corrected chi connectivity index (χ4v) is 8.20.